The van der Waals surface area contributed by atoms with Gasteiger partial charge in [0.2, 0.25) is 0 Å². The molecule has 0 aliphatic carbocycles. The summed E-state index contributed by atoms with van der Waals surface area (Å²) in [6, 6.07) is 1.36. The number of hydrogen-bond acceptors (Lipinski definition) is 6. The summed E-state index contributed by atoms with van der Waals surface area (Å²) in [6.45, 7) is 0.649. The second kappa shape index (κ2) is 7.30. The van der Waals surface area contributed by atoms with E-state index in [9.17, 15) is 18.4 Å². The third-order valence-corrected chi connectivity index (χ3v) is 4.19. The third kappa shape index (κ3) is 3.48. The number of urea groups is 1. The monoisotopic (exact) mass is 371 g/mol. The van der Waals surface area contributed by atoms with Crippen molar-refractivity contribution < 1.29 is 27.9 Å². The van der Waals surface area contributed by atoms with Gasteiger partial charge in [-0.2, -0.15) is 0 Å². The number of nitrogens with zero attached hydrogens (tertiary/aromatic N) is 3. The van der Waals surface area contributed by atoms with Crippen LogP contribution in [0.4, 0.5) is 29.7 Å². The zero-order valence-corrected chi connectivity index (χ0v) is 13.9. The van der Waals surface area contributed by atoms with Crippen LogP contribution in [0.5, 0.6) is 0 Å². The van der Waals surface area contributed by atoms with Crippen LogP contribution in [0.1, 0.15) is 0 Å². The number of carbonyl (C=O) groups excluding carboxylic acids is 2. The summed E-state index contributed by atoms with van der Waals surface area (Å²) < 4.78 is 34.2. The molecule has 2 heterocycles. The van der Waals surface area contributed by atoms with E-state index < -0.39 is 29.9 Å². The highest BCUT2D eigenvalue weighted by molar-refractivity contribution is 5.90. The molecule has 0 spiro atoms. The summed E-state index contributed by atoms with van der Waals surface area (Å²) in [5.41, 5.74) is 10.4. The Morgan fingerprint density at radius 2 is 1.92 bits per heavy atom. The average molecular weight is 371 g/mol. The van der Waals surface area contributed by atoms with Crippen molar-refractivity contribution in [1.82, 2.24) is 5.06 Å². The van der Waals surface area contributed by atoms with Crippen LogP contribution in [0.15, 0.2) is 12.1 Å². The number of hydrogen-bond donors (Lipinski definition) is 2. The lowest BCUT2D eigenvalue weighted by Crippen LogP contribution is -2.38. The van der Waals surface area contributed by atoms with Gasteiger partial charge in [-0.1, -0.05) is 0 Å². The summed E-state index contributed by atoms with van der Waals surface area (Å²) in [5.74, 6) is -1.67. The maximum absolute atomic E-state index is 14.6. The first-order chi connectivity index (χ1) is 12.4. The number of halogens is 2. The fraction of sp³-hybridized carbons (Fsp3) is 0.467. The van der Waals surface area contributed by atoms with Gasteiger partial charge in [0, 0.05) is 31.8 Å². The van der Waals surface area contributed by atoms with Gasteiger partial charge in [-0.05, 0) is 0 Å². The van der Waals surface area contributed by atoms with E-state index in [0.29, 0.717) is 0 Å². The van der Waals surface area contributed by atoms with Crippen molar-refractivity contribution in [3.8, 4) is 0 Å². The molecule has 26 heavy (non-hydrogen) atoms. The Morgan fingerprint density at radius 1 is 1.23 bits per heavy atom. The number of cyclic esters (lactones) is 1. The van der Waals surface area contributed by atoms with Gasteiger partial charge in [-0.15, -0.1) is 0 Å². The molecule has 2 saturated heterocycles. The number of benzene rings is 1. The molecule has 9 nitrogen and oxygen atoms in total. The van der Waals surface area contributed by atoms with Crippen LogP contribution >= 0.6 is 0 Å². The second-order valence-corrected chi connectivity index (χ2v) is 5.87. The number of rotatable bonds is 3. The van der Waals surface area contributed by atoms with E-state index in [2.05, 4.69) is 0 Å². The minimum atomic E-state index is -0.837. The van der Waals surface area contributed by atoms with Crippen LogP contribution in [0.25, 0.3) is 0 Å². The molecule has 2 fully saturated rings. The molecule has 3 rings (SSSR count). The molecule has 0 unspecified atom stereocenters. The fourth-order valence-electron chi connectivity index (χ4n) is 2.91. The lowest BCUT2D eigenvalue weighted by atomic mass is 10.2. The Kier molecular flexibility index (Phi) is 5.09. The molecule has 3 amide bonds. The minimum Gasteiger partial charge on any atom is -0.443 e. The molecule has 11 heteroatoms. The smallest absolute Gasteiger partial charge is 0.414 e. The van der Waals surface area contributed by atoms with Crippen molar-refractivity contribution in [2.24, 2.45) is 11.5 Å². The first kappa shape index (κ1) is 18.1. The topological polar surface area (TPSA) is 114 Å². The largest absolute Gasteiger partial charge is 0.443 e. The zero-order valence-electron chi connectivity index (χ0n) is 13.9. The van der Waals surface area contributed by atoms with E-state index in [1.807, 2.05) is 0 Å². The SMILES string of the molecule is NC[C@H]1CN(c2cc(F)c(N3CCON(C(N)=O)CC3)c(F)c2)C(=O)O1. The highest BCUT2D eigenvalue weighted by Gasteiger charge is 2.33. The molecule has 0 bridgehead atoms. The van der Waals surface area contributed by atoms with Crippen LogP contribution in [0.3, 0.4) is 0 Å². The lowest BCUT2D eigenvalue weighted by molar-refractivity contribution is -0.102. The average Bonchev–Trinajstić information content (AvgIpc) is 2.80. The molecular formula is C15H19F2N5O4. The molecule has 4 N–H and O–H groups in total. The summed E-state index contributed by atoms with van der Waals surface area (Å²) in [5, 5.41) is 0.942. The third-order valence-electron chi connectivity index (χ3n) is 4.19. The van der Waals surface area contributed by atoms with Gasteiger partial charge in [0.15, 0.2) is 11.6 Å². The Labute approximate surface area is 147 Å². The molecular weight excluding hydrogens is 352 g/mol. The summed E-state index contributed by atoms with van der Waals surface area (Å²) in [7, 11) is 0. The predicted octanol–water partition coefficient (Wildman–Crippen LogP) is 0.381. The summed E-state index contributed by atoms with van der Waals surface area (Å²) >= 11 is 0. The van der Waals surface area contributed by atoms with E-state index in [-0.39, 0.29) is 50.7 Å². The first-order valence-electron chi connectivity index (χ1n) is 8.02. The molecule has 142 valence electrons. The van der Waals surface area contributed by atoms with Crippen LogP contribution in [0.2, 0.25) is 0 Å². The van der Waals surface area contributed by atoms with Crippen molar-refractivity contribution in [1.29, 1.82) is 0 Å². The van der Waals surface area contributed by atoms with E-state index in [4.69, 9.17) is 21.0 Å². The molecule has 0 radical (unpaired) electrons. The molecule has 2 aliphatic rings. The van der Waals surface area contributed by atoms with Crippen LogP contribution < -0.4 is 21.3 Å². The molecule has 0 aromatic heterocycles. The summed E-state index contributed by atoms with van der Waals surface area (Å²) in [4.78, 5) is 30.7. The van der Waals surface area contributed by atoms with E-state index >= 15 is 0 Å². The van der Waals surface area contributed by atoms with E-state index in [1.54, 1.807) is 0 Å². The first-order valence-corrected chi connectivity index (χ1v) is 8.02. The van der Waals surface area contributed by atoms with Crippen molar-refractivity contribution in [3.05, 3.63) is 23.8 Å². The molecule has 1 aromatic carbocycles. The number of nitrogens with two attached hydrogens (primary N) is 2. The maximum atomic E-state index is 14.6. The number of primary amides is 1. The van der Waals surface area contributed by atoms with E-state index in [1.165, 1.54) is 4.90 Å². The number of carbonyl (C=O) groups is 2. The van der Waals surface area contributed by atoms with Gasteiger partial charge in [0.25, 0.3) is 0 Å². The maximum Gasteiger partial charge on any atom is 0.414 e. The van der Waals surface area contributed by atoms with Gasteiger partial charge in [-0.3, -0.25) is 9.74 Å². The van der Waals surface area contributed by atoms with Crippen molar-refractivity contribution >= 4 is 23.5 Å². The Bertz CT molecular complexity index is 696. The highest BCUT2D eigenvalue weighted by atomic mass is 19.1. The highest BCUT2D eigenvalue weighted by Crippen LogP contribution is 2.31. The van der Waals surface area contributed by atoms with Crippen LogP contribution in [-0.4, -0.2) is 62.6 Å². The zero-order chi connectivity index (χ0) is 18.8. The minimum absolute atomic E-state index is 0.0419. The number of amides is 3. The van der Waals surface area contributed by atoms with Crippen molar-refractivity contribution in [2.45, 2.75) is 6.10 Å². The fourth-order valence-corrected chi connectivity index (χ4v) is 2.91. The molecule has 1 atom stereocenters. The van der Waals surface area contributed by atoms with Gasteiger partial charge < -0.3 is 21.1 Å². The standard InChI is InChI=1S/C15H19F2N5O4/c16-11-5-9(21-8-10(7-18)26-15(21)24)6-12(17)13(11)20-1-2-22(14(19)23)25-4-3-20/h5-6,10H,1-4,7-8,18H2,(H2,19,23)/t10-/m0/s1. The second-order valence-electron chi connectivity index (χ2n) is 5.87. The predicted molar refractivity (Wildman–Crippen MR) is 87.5 cm³/mol. The normalized spacial score (nSPS) is 21.0. The lowest BCUT2D eigenvalue weighted by Gasteiger charge is -2.24. The van der Waals surface area contributed by atoms with Crippen LogP contribution in [0, 0.1) is 11.6 Å². The molecule has 0 saturated carbocycles. The van der Waals surface area contributed by atoms with Gasteiger partial charge >= 0.3 is 12.1 Å². The van der Waals surface area contributed by atoms with Gasteiger partial charge in [0.1, 0.15) is 11.8 Å². The summed E-state index contributed by atoms with van der Waals surface area (Å²) in [6.07, 6.45) is -1.22. The number of hydroxylamine groups is 2. The molecule has 1 aromatic rings. The Balaban J connectivity index is 1.82. The number of ether oxygens (including phenoxy) is 1. The van der Waals surface area contributed by atoms with Gasteiger partial charge in [-0.25, -0.2) is 23.4 Å². The van der Waals surface area contributed by atoms with Gasteiger partial charge in [0.05, 0.1) is 25.4 Å². The van der Waals surface area contributed by atoms with Crippen molar-refractivity contribution in [3.63, 3.8) is 0 Å². The molecule has 2 aliphatic heterocycles. The Morgan fingerprint density at radius 3 is 2.50 bits per heavy atom. The quantitative estimate of drug-likeness (QED) is 0.794. The van der Waals surface area contributed by atoms with Crippen molar-refractivity contribution in [2.75, 3.05) is 49.1 Å². The number of anilines is 2. The van der Waals surface area contributed by atoms with Crippen LogP contribution in [-0.2, 0) is 9.57 Å². The van der Waals surface area contributed by atoms with E-state index in [0.717, 1.165) is 22.1 Å². The Hall–Kier alpha value is -2.66.